The molecule has 0 aromatic heterocycles. The Balaban J connectivity index is 4.42. The molecule has 0 amide bonds. The summed E-state index contributed by atoms with van der Waals surface area (Å²) < 4.78 is 9.02. The Morgan fingerprint density at radius 3 is 2.26 bits per heavy atom. The van der Waals surface area contributed by atoms with Crippen LogP contribution in [0.1, 0.15) is 20.3 Å². The summed E-state index contributed by atoms with van der Waals surface area (Å²) >= 11 is 0.943. The van der Waals surface area contributed by atoms with Crippen molar-refractivity contribution in [3.8, 4) is 0 Å². The highest BCUT2D eigenvalue weighted by Crippen LogP contribution is 2.13. The fourth-order valence-corrected chi connectivity index (χ4v) is 1.60. The Kier molecular flexibility index (Phi) is 7.81. The van der Waals surface area contributed by atoms with Crippen molar-refractivity contribution in [1.82, 2.24) is 0 Å². The molecule has 0 spiro atoms. The number of methoxy groups -OCH3 is 1. The Morgan fingerprint density at radius 2 is 1.84 bits per heavy atom. The Morgan fingerprint density at radius 1 is 1.26 bits per heavy atom. The van der Waals surface area contributed by atoms with Gasteiger partial charge >= 0.3 is 17.9 Å². The zero-order valence-electron chi connectivity index (χ0n) is 10.9. The molecule has 0 fully saturated rings. The van der Waals surface area contributed by atoms with E-state index >= 15 is 0 Å². The van der Waals surface area contributed by atoms with Gasteiger partial charge in [-0.3, -0.25) is 14.4 Å². The van der Waals surface area contributed by atoms with Crippen LogP contribution in [-0.4, -0.2) is 47.1 Å². The summed E-state index contributed by atoms with van der Waals surface area (Å²) in [5, 5.41) is 8.67. The minimum Gasteiger partial charge on any atom is -0.478 e. The quantitative estimate of drug-likeness (QED) is 0.674. The number of rotatable bonds is 7. The molecule has 0 saturated heterocycles. The summed E-state index contributed by atoms with van der Waals surface area (Å²) in [7, 11) is 1.11. The number of carboxylic acid groups (broad SMARTS) is 1. The highest BCUT2D eigenvalue weighted by molar-refractivity contribution is 8.13. The maximum Gasteiger partial charge on any atom is 0.345 e. The molecule has 19 heavy (non-hydrogen) atoms. The van der Waals surface area contributed by atoms with Gasteiger partial charge in [-0.05, 0) is 0 Å². The van der Waals surface area contributed by atoms with Crippen LogP contribution >= 0.6 is 11.8 Å². The molecule has 2 atom stereocenters. The lowest BCUT2D eigenvalue weighted by Gasteiger charge is -2.15. The van der Waals surface area contributed by atoms with Gasteiger partial charge in [0.1, 0.15) is 0 Å². The SMILES string of the molecule is COC(=O)CC(OC(=O)[C@H](C)CSC(C)=O)C(=O)O. The predicted octanol–water partition coefficient (Wildman–Crippen LogP) is 0.462. The summed E-state index contributed by atoms with van der Waals surface area (Å²) in [6.45, 7) is 2.87. The van der Waals surface area contributed by atoms with Crippen LogP contribution in [0.2, 0.25) is 0 Å². The number of thioether (sulfide) groups is 1. The Labute approximate surface area is 114 Å². The first-order chi connectivity index (χ1) is 8.77. The van der Waals surface area contributed by atoms with Gasteiger partial charge in [-0.1, -0.05) is 18.7 Å². The molecule has 0 bridgehead atoms. The van der Waals surface area contributed by atoms with Crippen molar-refractivity contribution in [1.29, 1.82) is 0 Å². The number of carbonyl (C=O) groups excluding carboxylic acids is 3. The van der Waals surface area contributed by atoms with Gasteiger partial charge < -0.3 is 14.6 Å². The molecule has 8 heteroatoms. The maximum absolute atomic E-state index is 11.6. The van der Waals surface area contributed by atoms with Gasteiger partial charge in [-0.15, -0.1) is 0 Å². The molecule has 0 aromatic rings. The van der Waals surface area contributed by atoms with Gasteiger partial charge in [-0.2, -0.15) is 0 Å². The summed E-state index contributed by atoms with van der Waals surface area (Å²) in [5.74, 6) is -3.44. The fraction of sp³-hybridized carbons (Fsp3) is 0.636. The van der Waals surface area contributed by atoms with E-state index in [0.717, 1.165) is 18.9 Å². The van der Waals surface area contributed by atoms with Gasteiger partial charge in [0.25, 0.3) is 0 Å². The largest absolute Gasteiger partial charge is 0.478 e. The molecule has 7 nitrogen and oxygen atoms in total. The third-order valence-electron chi connectivity index (χ3n) is 2.05. The average Bonchev–Trinajstić information content (AvgIpc) is 2.34. The second-order valence-electron chi connectivity index (χ2n) is 3.75. The highest BCUT2D eigenvalue weighted by Gasteiger charge is 2.28. The van der Waals surface area contributed by atoms with E-state index in [1.807, 2.05) is 0 Å². The van der Waals surface area contributed by atoms with E-state index in [9.17, 15) is 19.2 Å². The molecule has 0 radical (unpaired) electrons. The number of carboxylic acids is 1. The lowest BCUT2D eigenvalue weighted by molar-refractivity contribution is -0.169. The van der Waals surface area contributed by atoms with Crippen LogP contribution in [0.5, 0.6) is 0 Å². The van der Waals surface area contributed by atoms with Crippen LogP contribution in [0.25, 0.3) is 0 Å². The summed E-state index contributed by atoms with van der Waals surface area (Å²) in [4.78, 5) is 44.1. The smallest absolute Gasteiger partial charge is 0.345 e. The zero-order valence-corrected chi connectivity index (χ0v) is 11.7. The van der Waals surface area contributed by atoms with E-state index in [1.54, 1.807) is 0 Å². The normalized spacial score (nSPS) is 13.2. The molecule has 0 heterocycles. The molecule has 0 saturated carbocycles. The zero-order chi connectivity index (χ0) is 15.0. The number of ether oxygens (including phenoxy) is 2. The van der Waals surface area contributed by atoms with Crippen LogP contribution in [0.4, 0.5) is 0 Å². The van der Waals surface area contributed by atoms with Crippen LogP contribution in [0.15, 0.2) is 0 Å². The first kappa shape index (κ1) is 17.4. The third-order valence-corrected chi connectivity index (χ3v) is 3.13. The monoisotopic (exact) mass is 292 g/mol. The minimum absolute atomic E-state index is 0.149. The summed E-state index contributed by atoms with van der Waals surface area (Å²) in [5.41, 5.74) is 0. The van der Waals surface area contributed by atoms with E-state index in [2.05, 4.69) is 4.74 Å². The minimum atomic E-state index is -1.58. The van der Waals surface area contributed by atoms with E-state index in [1.165, 1.54) is 13.8 Å². The van der Waals surface area contributed by atoms with Crippen LogP contribution < -0.4 is 0 Å². The van der Waals surface area contributed by atoms with E-state index in [4.69, 9.17) is 9.84 Å². The number of hydrogen-bond acceptors (Lipinski definition) is 7. The lowest BCUT2D eigenvalue weighted by atomic mass is 10.2. The number of aliphatic carboxylic acids is 1. The van der Waals surface area contributed by atoms with Crippen LogP contribution in [0.3, 0.4) is 0 Å². The molecule has 0 aliphatic heterocycles. The molecule has 0 aliphatic carbocycles. The molecular weight excluding hydrogens is 276 g/mol. The van der Waals surface area contributed by atoms with Gasteiger partial charge in [0.2, 0.25) is 6.10 Å². The Hall–Kier alpha value is -1.57. The van der Waals surface area contributed by atoms with Gasteiger partial charge in [-0.25, -0.2) is 4.79 Å². The second kappa shape index (κ2) is 8.52. The second-order valence-corrected chi connectivity index (χ2v) is 4.94. The van der Waals surface area contributed by atoms with Crippen molar-refractivity contribution < 1.29 is 33.8 Å². The number of hydrogen-bond donors (Lipinski definition) is 1. The first-order valence-electron chi connectivity index (χ1n) is 5.41. The third kappa shape index (κ3) is 7.45. The Bertz CT molecular complexity index is 366. The maximum atomic E-state index is 11.6. The lowest BCUT2D eigenvalue weighted by Crippen LogP contribution is -2.32. The molecule has 1 unspecified atom stereocenters. The summed E-state index contributed by atoms with van der Waals surface area (Å²) in [6.07, 6.45) is -2.13. The number of carbonyl (C=O) groups is 4. The molecule has 0 rings (SSSR count). The number of esters is 2. The molecule has 1 N–H and O–H groups in total. The fourth-order valence-electron chi connectivity index (χ4n) is 0.981. The van der Waals surface area contributed by atoms with Crippen molar-refractivity contribution in [2.24, 2.45) is 5.92 Å². The van der Waals surface area contributed by atoms with Gasteiger partial charge in [0.05, 0.1) is 19.4 Å². The van der Waals surface area contributed by atoms with Crippen molar-refractivity contribution in [3.05, 3.63) is 0 Å². The van der Waals surface area contributed by atoms with Gasteiger partial charge in [0.15, 0.2) is 5.12 Å². The first-order valence-corrected chi connectivity index (χ1v) is 6.40. The molecule has 0 aliphatic rings. The average molecular weight is 292 g/mol. The van der Waals surface area contributed by atoms with E-state index < -0.39 is 36.4 Å². The van der Waals surface area contributed by atoms with Crippen LogP contribution in [0, 0.1) is 5.92 Å². The highest BCUT2D eigenvalue weighted by atomic mass is 32.2. The molecular formula is C11H16O7S. The van der Waals surface area contributed by atoms with E-state index in [-0.39, 0.29) is 10.9 Å². The van der Waals surface area contributed by atoms with Crippen molar-refractivity contribution in [2.75, 3.05) is 12.9 Å². The van der Waals surface area contributed by atoms with Gasteiger partial charge in [0, 0.05) is 12.7 Å². The van der Waals surface area contributed by atoms with Crippen LogP contribution in [-0.2, 0) is 28.7 Å². The summed E-state index contributed by atoms with van der Waals surface area (Å²) in [6, 6.07) is 0. The molecule has 108 valence electrons. The van der Waals surface area contributed by atoms with Crippen molar-refractivity contribution in [3.63, 3.8) is 0 Å². The predicted molar refractivity (Wildman–Crippen MR) is 66.5 cm³/mol. The topological polar surface area (TPSA) is 107 Å². The van der Waals surface area contributed by atoms with Crippen molar-refractivity contribution in [2.45, 2.75) is 26.4 Å². The molecule has 0 aromatic carbocycles. The standard InChI is InChI=1S/C11H16O7S/c1-6(5-19-7(2)12)11(16)18-8(10(14)15)4-9(13)17-3/h6,8H,4-5H2,1-3H3,(H,14,15)/t6-,8?/m1/s1. The van der Waals surface area contributed by atoms with Crippen molar-refractivity contribution >= 4 is 34.8 Å². The van der Waals surface area contributed by atoms with E-state index in [0.29, 0.717) is 0 Å².